The fourth-order valence-electron chi connectivity index (χ4n) is 2.13. The van der Waals surface area contributed by atoms with Gasteiger partial charge in [0.25, 0.3) is 0 Å². The van der Waals surface area contributed by atoms with Crippen LogP contribution in [0, 0.1) is 6.92 Å². The molecule has 1 aliphatic rings. The van der Waals surface area contributed by atoms with E-state index in [2.05, 4.69) is 17.9 Å². The number of hydrogen-bond donors (Lipinski definition) is 1. The first-order chi connectivity index (χ1) is 7.69. The maximum Gasteiger partial charge on any atom is 0.120 e. The highest BCUT2D eigenvalue weighted by Crippen LogP contribution is 2.17. The van der Waals surface area contributed by atoms with Gasteiger partial charge in [0.2, 0.25) is 0 Å². The van der Waals surface area contributed by atoms with Crippen molar-refractivity contribution in [3.63, 3.8) is 0 Å². The van der Waals surface area contributed by atoms with Gasteiger partial charge in [0.1, 0.15) is 11.5 Å². The van der Waals surface area contributed by atoms with Crippen molar-refractivity contribution in [2.75, 3.05) is 19.7 Å². The molecule has 0 bridgehead atoms. The van der Waals surface area contributed by atoms with E-state index in [4.69, 9.17) is 14.9 Å². The molecule has 1 aromatic rings. The Morgan fingerprint density at radius 3 is 3.00 bits per heavy atom. The van der Waals surface area contributed by atoms with Gasteiger partial charge in [-0.05, 0) is 25.5 Å². The molecule has 0 saturated carbocycles. The molecule has 0 aliphatic carbocycles. The first-order valence-electron chi connectivity index (χ1n) is 5.81. The quantitative estimate of drug-likeness (QED) is 0.840. The summed E-state index contributed by atoms with van der Waals surface area (Å²) in [5.74, 6) is 1.91. The minimum absolute atomic E-state index is 0.318. The zero-order valence-electron chi connectivity index (χ0n) is 10.0. The number of morpholine rings is 1. The topological polar surface area (TPSA) is 51.6 Å². The molecule has 1 aromatic heterocycles. The van der Waals surface area contributed by atoms with Crippen molar-refractivity contribution >= 4 is 0 Å². The van der Waals surface area contributed by atoms with Crippen molar-refractivity contribution in [2.45, 2.75) is 33.0 Å². The molecule has 2 N–H and O–H groups in total. The maximum absolute atomic E-state index is 5.69. The molecular weight excluding hydrogens is 204 g/mol. The first-order valence-corrected chi connectivity index (χ1v) is 5.81. The van der Waals surface area contributed by atoms with Crippen molar-refractivity contribution in [3.8, 4) is 0 Å². The van der Waals surface area contributed by atoms with Gasteiger partial charge in [-0.1, -0.05) is 0 Å². The van der Waals surface area contributed by atoms with Gasteiger partial charge in [0.15, 0.2) is 0 Å². The van der Waals surface area contributed by atoms with Gasteiger partial charge in [-0.3, -0.25) is 4.90 Å². The van der Waals surface area contributed by atoms with Crippen molar-refractivity contribution < 1.29 is 9.15 Å². The largest absolute Gasteiger partial charge is 0.463 e. The summed E-state index contributed by atoms with van der Waals surface area (Å²) in [4.78, 5) is 2.35. The lowest BCUT2D eigenvalue weighted by atomic mass is 10.2. The zero-order chi connectivity index (χ0) is 11.5. The van der Waals surface area contributed by atoms with E-state index in [9.17, 15) is 0 Å². The van der Waals surface area contributed by atoms with Crippen LogP contribution in [0.15, 0.2) is 10.5 Å². The Bertz CT molecular complexity index is 349. The smallest absolute Gasteiger partial charge is 0.120 e. The van der Waals surface area contributed by atoms with Crippen LogP contribution < -0.4 is 5.73 Å². The fourth-order valence-corrected chi connectivity index (χ4v) is 2.13. The van der Waals surface area contributed by atoms with E-state index in [1.54, 1.807) is 0 Å². The summed E-state index contributed by atoms with van der Waals surface area (Å²) in [6.45, 7) is 8.23. The Kier molecular flexibility index (Phi) is 3.63. The number of aryl methyl sites for hydroxylation is 1. The Hall–Kier alpha value is -0.840. The molecule has 0 aromatic carbocycles. The average Bonchev–Trinajstić information content (AvgIpc) is 2.58. The molecule has 0 radical (unpaired) electrons. The number of ether oxygens (including phenoxy) is 1. The molecular formula is C12H20N2O2. The Morgan fingerprint density at radius 2 is 2.38 bits per heavy atom. The second-order valence-corrected chi connectivity index (χ2v) is 4.44. The third-order valence-corrected chi connectivity index (χ3v) is 2.96. The van der Waals surface area contributed by atoms with E-state index in [0.717, 1.165) is 43.3 Å². The molecule has 0 amide bonds. The number of nitrogens with zero attached hydrogens (tertiary/aromatic N) is 1. The molecule has 1 saturated heterocycles. The molecule has 0 spiro atoms. The van der Waals surface area contributed by atoms with Crippen LogP contribution in [0.4, 0.5) is 0 Å². The molecule has 2 rings (SSSR count). The Morgan fingerprint density at radius 1 is 1.56 bits per heavy atom. The standard InChI is InChI=1S/C12H20N2O2/c1-9-5-11(16-12(9)6-13)8-14-3-4-15-10(2)7-14/h5,10H,3-4,6-8,13H2,1-2H3. The first kappa shape index (κ1) is 11.6. The lowest BCUT2D eigenvalue weighted by Gasteiger charge is -2.30. The molecule has 2 heterocycles. The van der Waals surface area contributed by atoms with Gasteiger partial charge in [-0.25, -0.2) is 0 Å². The fraction of sp³-hybridized carbons (Fsp3) is 0.667. The summed E-state index contributed by atoms with van der Waals surface area (Å²) >= 11 is 0. The molecule has 1 atom stereocenters. The van der Waals surface area contributed by atoms with E-state index in [-0.39, 0.29) is 0 Å². The van der Waals surface area contributed by atoms with E-state index >= 15 is 0 Å². The highest BCUT2D eigenvalue weighted by molar-refractivity contribution is 5.19. The van der Waals surface area contributed by atoms with Crippen molar-refractivity contribution in [1.82, 2.24) is 4.90 Å². The predicted octanol–water partition coefficient (Wildman–Crippen LogP) is 1.27. The Balaban J connectivity index is 1.97. The van der Waals surface area contributed by atoms with E-state index in [0.29, 0.717) is 12.6 Å². The van der Waals surface area contributed by atoms with Crippen molar-refractivity contribution in [2.24, 2.45) is 5.73 Å². The van der Waals surface area contributed by atoms with Gasteiger partial charge in [-0.2, -0.15) is 0 Å². The van der Waals surface area contributed by atoms with Crippen LogP contribution in [0.1, 0.15) is 24.0 Å². The number of nitrogens with two attached hydrogens (primary N) is 1. The SMILES string of the molecule is Cc1cc(CN2CCOC(C)C2)oc1CN. The van der Waals surface area contributed by atoms with E-state index in [1.807, 2.05) is 6.92 Å². The second kappa shape index (κ2) is 4.99. The number of rotatable bonds is 3. The normalized spacial score (nSPS) is 22.6. The zero-order valence-corrected chi connectivity index (χ0v) is 10.0. The summed E-state index contributed by atoms with van der Waals surface area (Å²) in [6, 6.07) is 2.09. The highest BCUT2D eigenvalue weighted by atomic mass is 16.5. The van der Waals surface area contributed by atoms with E-state index < -0.39 is 0 Å². The average molecular weight is 224 g/mol. The van der Waals surface area contributed by atoms with Crippen LogP contribution in [-0.4, -0.2) is 30.7 Å². The third-order valence-electron chi connectivity index (χ3n) is 2.96. The molecule has 4 heteroatoms. The highest BCUT2D eigenvalue weighted by Gasteiger charge is 2.18. The lowest BCUT2D eigenvalue weighted by Crippen LogP contribution is -2.40. The molecule has 16 heavy (non-hydrogen) atoms. The monoisotopic (exact) mass is 224 g/mol. The summed E-state index contributed by atoms with van der Waals surface area (Å²) in [6.07, 6.45) is 0.318. The second-order valence-electron chi connectivity index (χ2n) is 4.44. The molecule has 1 unspecified atom stereocenters. The van der Waals surface area contributed by atoms with Crippen LogP contribution in [0.3, 0.4) is 0 Å². The summed E-state index contributed by atoms with van der Waals surface area (Å²) < 4.78 is 11.2. The van der Waals surface area contributed by atoms with Crippen LogP contribution >= 0.6 is 0 Å². The third kappa shape index (κ3) is 2.64. The molecule has 1 aliphatic heterocycles. The van der Waals surface area contributed by atoms with Crippen LogP contribution in [0.25, 0.3) is 0 Å². The minimum Gasteiger partial charge on any atom is -0.463 e. The van der Waals surface area contributed by atoms with E-state index in [1.165, 1.54) is 0 Å². The Labute approximate surface area is 96.4 Å². The van der Waals surface area contributed by atoms with Gasteiger partial charge in [-0.15, -0.1) is 0 Å². The summed E-state index contributed by atoms with van der Waals surface area (Å²) in [5.41, 5.74) is 6.74. The van der Waals surface area contributed by atoms with Gasteiger partial charge in [0.05, 0.1) is 25.8 Å². The molecule has 90 valence electrons. The van der Waals surface area contributed by atoms with Crippen LogP contribution in [-0.2, 0) is 17.8 Å². The predicted molar refractivity (Wildman–Crippen MR) is 62.0 cm³/mol. The summed E-state index contributed by atoms with van der Waals surface area (Å²) in [7, 11) is 0. The molecule has 1 fully saturated rings. The minimum atomic E-state index is 0.318. The van der Waals surface area contributed by atoms with Crippen LogP contribution in [0.5, 0.6) is 0 Å². The van der Waals surface area contributed by atoms with Crippen LogP contribution in [0.2, 0.25) is 0 Å². The number of hydrogen-bond acceptors (Lipinski definition) is 4. The van der Waals surface area contributed by atoms with Crippen molar-refractivity contribution in [3.05, 3.63) is 23.2 Å². The van der Waals surface area contributed by atoms with Gasteiger partial charge >= 0.3 is 0 Å². The number of furan rings is 1. The van der Waals surface area contributed by atoms with Gasteiger partial charge in [0, 0.05) is 13.1 Å². The van der Waals surface area contributed by atoms with Gasteiger partial charge < -0.3 is 14.9 Å². The molecule has 4 nitrogen and oxygen atoms in total. The maximum atomic E-state index is 5.69. The lowest BCUT2D eigenvalue weighted by molar-refractivity contribution is -0.0231. The van der Waals surface area contributed by atoms with Crippen molar-refractivity contribution in [1.29, 1.82) is 0 Å². The summed E-state index contributed by atoms with van der Waals surface area (Å²) in [5, 5.41) is 0.